The van der Waals surface area contributed by atoms with Gasteiger partial charge in [-0.25, -0.2) is 8.42 Å². The second kappa shape index (κ2) is 5.92. The van der Waals surface area contributed by atoms with Crippen molar-refractivity contribution in [3.05, 3.63) is 29.8 Å². The van der Waals surface area contributed by atoms with Crippen LogP contribution in [0, 0.1) is 0 Å². The Morgan fingerprint density at radius 2 is 1.95 bits per heavy atom. The lowest BCUT2D eigenvalue weighted by Gasteiger charge is -2.14. The first kappa shape index (κ1) is 16.0. The second-order valence-electron chi connectivity index (χ2n) is 5.38. The van der Waals surface area contributed by atoms with Gasteiger partial charge in [-0.05, 0) is 19.4 Å². The lowest BCUT2D eigenvalue weighted by Crippen LogP contribution is -2.18. The van der Waals surface area contributed by atoms with Gasteiger partial charge in [-0.15, -0.1) is 0 Å². The van der Waals surface area contributed by atoms with E-state index in [0.29, 0.717) is 6.42 Å². The quantitative estimate of drug-likeness (QED) is 0.784. The fourth-order valence-electron chi connectivity index (χ4n) is 1.69. The molecule has 108 valence electrons. The maximum atomic E-state index is 10.0. The first-order chi connectivity index (χ1) is 8.68. The molecule has 1 aromatic carbocycles. The van der Waals surface area contributed by atoms with E-state index in [1.54, 1.807) is 6.92 Å². The molecule has 1 atom stereocenters. The molecular formula is C14H21O4S-. The SMILES string of the molecule is CC1(C)COc2ccccc21.CCC(C)S(=O)(=O)[O-]. The number of rotatable bonds is 2. The lowest BCUT2D eigenvalue weighted by molar-refractivity contribution is 0.291. The molecule has 0 aliphatic carbocycles. The van der Waals surface area contributed by atoms with Crippen molar-refractivity contribution in [1.29, 1.82) is 0 Å². The summed E-state index contributed by atoms with van der Waals surface area (Å²) in [7, 11) is -4.00. The minimum atomic E-state index is -4.00. The van der Waals surface area contributed by atoms with Crippen LogP contribution in [-0.2, 0) is 15.5 Å². The van der Waals surface area contributed by atoms with Gasteiger partial charge in [0.15, 0.2) is 0 Å². The van der Waals surface area contributed by atoms with E-state index in [9.17, 15) is 13.0 Å². The van der Waals surface area contributed by atoms with Crippen molar-refractivity contribution in [2.75, 3.05) is 6.61 Å². The molecule has 2 rings (SSSR count). The maximum Gasteiger partial charge on any atom is 0.123 e. The maximum absolute atomic E-state index is 10.0. The van der Waals surface area contributed by atoms with Gasteiger partial charge in [0.2, 0.25) is 0 Å². The largest absolute Gasteiger partial charge is 0.748 e. The third-order valence-electron chi connectivity index (χ3n) is 3.27. The van der Waals surface area contributed by atoms with Crippen LogP contribution in [0.5, 0.6) is 5.75 Å². The molecule has 1 aliphatic rings. The molecule has 0 fully saturated rings. The van der Waals surface area contributed by atoms with Crippen molar-refractivity contribution in [2.24, 2.45) is 0 Å². The van der Waals surface area contributed by atoms with Gasteiger partial charge in [0.1, 0.15) is 5.75 Å². The van der Waals surface area contributed by atoms with E-state index in [1.807, 2.05) is 12.1 Å². The Labute approximate surface area is 115 Å². The summed E-state index contributed by atoms with van der Waals surface area (Å²) in [6.07, 6.45) is 0.395. The van der Waals surface area contributed by atoms with E-state index in [1.165, 1.54) is 12.5 Å². The van der Waals surface area contributed by atoms with Crippen LogP contribution < -0.4 is 4.74 Å². The first-order valence-electron chi connectivity index (χ1n) is 6.35. The number of ether oxygens (including phenoxy) is 1. The Balaban J connectivity index is 0.000000203. The molecule has 19 heavy (non-hydrogen) atoms. The second-order valence-corrected chi connectivity index (χ2v) is 7.17. The molecular weight excluding hydrogens is 264 g/mol. The van der Waals surface area contributed by atoms with Gasteiger partial charge in [0, 0.05) is 16.2 Å². The molecule has 1 aliphatic heterocycles. The summed E-state index contributed by atoms with van der Waals surface area (Å²) in [5.74, 6) is 1.05. The summed E-state index contributed by atoms with van der Waals surface area (Å²) in [5, 5.41) is -0.734. The molecule has 0 saturated carbocycles. The van der Waals surface area contributed by atoms with E-state index in [0.717, 1.165) is 12.4 Å². The molecule has 5 heteroatoms. The van der Waals surface area contributed by atoms with Crippen molar-refractivity contribution in [3.8, 4) is 5.75 Å². The van der Waals surface area contributed by atoms with Gasteiger partial charge in [-0.1, -0.05) is 39.0 Å². The molecule has 0 amide bonds. The Kier molecular flexibility index (Phi) is 4.98. The number of hydrogen-bond acceptors (Lipinski definition) is 4. The fraction of sp³-hybridized carbons (Fsp3) is 0.571. The topological polar surface area (TPSA) is 66.4 Å². The number of hydrogen-bond donors (Lipinski definition) is 0. The number of benzene rings is 1. The van der Waals surface area contributed by atoms with Crippen molar-refractivity contribution in [1.82, 2.24) is 0 Å². The molecule has 0 bridgehead atoms. The Morgan fingerprint density at radius 1 is 1.37 bits per heavy atom. The summed E-state index contributed by atoms with van der Waals surface area (Å²) >= 11 is 0. The van der Waals surface area contributed by atoms with Gasteiger partial charge >= 0.3 is 0 Å². The molecule has 0 saturated heterocycles. The third-order valence-corrected chi connectivity index (χ3v) is 4.59. The minimum Gasteiger partial charge on any atom is -0.748 e. The number of para-hydroxylation sites is 1. The van der Waals surface area contributed by atoms with Gasteiger partial charge in [0.05, 0.1) is 16.7 Å². The van der Waals surface area contributed by atoms with Crippen molar-refractivity contribution in [2.45, 2.75) is 44.8 Å². The van der Waals surface area contributed by atoms with Crippen LogP contribution in [0.3, 0.4) is 0 Å². The van der Waals surface area contributed by atoms with E-state index in [4.69, 9.17) is 4.74 Å². The predicted molar refractivity (Wildman–Crippen MR) is 74.4 cm³/mol. The summed E-state index contributed by atoms with van der Waals surface area (Å²) < 4.78 is 35.5. The van der Waals surface area contributed by atoms with Gasteiger partial charge in [-0.3, -0.25) is 0 Å². The lowest BCUT2D eigenvalue weighted by atomic mass is 9.87. The normalized spacial score (nSPS) is 17.7. The van der Waals surface area contributed by atoms with E-state index < -0.39 is 15.4 Å². The van der Waals surface area contributed by atoms with Gasteiger partial charge in [-0.2, -0.15) is 0 Å². The van der Waals surface area contributed by atoms with Crippen LogP contribution in [0.15, 0.2) is 24.3 Å². The van der Waals surface area contributed by atoms with Crippen molar-refractivity contribution in [3.63, 3.8) is 0 Å². The Hall–Kier alpha value is -1.07. The van der Waals surface area contributed by atoms with Crippen LogP contribution in [0.25, 0.3) is 0 Å². The molecule has 0 N–H and O–H groups in total. The Morgan fingerprint density at radius 3 is 2.37 bits per heavy atom. The zero-order valence-corrected chi connectivity index (χ0v) is 12.7. The summed E-state index contributed by atoms with van der Waals surface area (Å²) in [6, 6.07) is 8.25. The average molecular weight is 285 g/mol. The van der Waals surface area contributed by atoms with E-state index >= 15 is 0 Å². The minimum absolute atomic E-state index is 0.205. The van der Waals surface area contributed by atoms with E-state index in [-0.39, 0.29) is 5.41 Å². The first-order valence-corrected chi connectivity index (χ1v) is 7.82. The zero-order valence-electron chi connectivity index (χ0n) is 11.8. The average Bonchev–Trinajstić information content (AvgIpc) is 2.65. The molecule has 4 nitrogen and oxygen atoms in total. The molecule has 1 unspecified atom stereocenters. The smallest absolute Gasteiger partial charge is 0.123 e. The Bertz CT molecular complexity index is 520. The van der Waals surface area contributed by atoms with Crippen molar-refractivity contribution >= 4 is 10.1 Å². The predicted octanol–water partition coefficient (Wildman–Crippen LogP) is 2.69. The molecule has 0 radical (unpaired) electrons. The number of fused-ring (bicyclic) bond motifs is 1. The van der Waals surface area contributed by atoms with Crippen LogP contribution in [0.4, 0.5) is 0 Å². The molecule has 1 aromatic rings. The molecule has 0 spiro atoms. The van der Waals surface area contributed by atoms with E-state index in [2.05, 4.69) is 26.0 Å². The highest BCUT2D eigenvalue weighted by Crippen LogP contribution is 2.37. The van der Waals surface area contributed by atoms with Gasteiger partial charge < -0.3 is 9.29 Å². The van der Waals surface area contributed by atoms with Crippen LogP contribution in [0.2, 0.25) is 0 Å². The fourth-order valence-corrected chi connectivity index (χ4v) is 2.10. The van der Waals surface area contributed by atoms with Gasteiger partial charge in [0.25, 0.3) is 0 Å². The third kappa shape index (κ3) is 4.21. The highest BCUT2D eigenvalue weighted by atomic mass is 32.2. The molecule has 1 heterocycles. The standard InChI is InChI=1S/C10H12O.C4H10O3S/c1-10(2)7-11-9-6-4-3-5-8(9)10;1-3-4(2)8(5,6)7/h3-6H,7H2,1-2H3;4H,3H2,1-2H3,(H,5,6,7)/p-1. The summed E-state index contributed by atoms with van der Waals surface area (Å²) in [6.45, 7) is 8.30. The highest BCUT2D eigenvalue weighted by Gasteiger charge is 2.30. The zero-order chi connectivity index (χ0) is 14.7. The van der Waals surface area contributed by atoms with Crippen molar-refractivity contribution < 1.29 is 17.7 Å². The van der Waals surface area contributed by atoms with Crippen LogP contribution >= 0.6 is 0 Å². The monoisotopic (exact) mass is 285 g/mol. The highest BCUT2D eigenvalue weighted by molar-refractivity contribution is 7.86. The summed E-state index contributed by atoms with van der Waals surface area (Å²) in [4.78, 5) is 0. The van der Waals surface area contributed by atoms with Crippen LogP contribution in [-0.4, -0.2) is 24.8 Å². The molecule has 0 aromatic heterocycles. The summed E-state index contributed by atoms with van der Waals surface area (Å²) in [5.41, 5.74) is 1.54. The van der Waals surface area contributed by atoms with Crippen LogP contribution in [0.1, 0.15) is 39.7 Å².